The van der Waals surface area contributed by atoms with Crippen LogP contribution in [-0.4, -0.2) is 46.2 Å². The second-order valence-electron chi connectivity index (χ2n) is 6.83. The predicted octanol–water partition coefficient (Wildman–Crippen LogP) is 2.41. The molecule has 7 heteroatoms. The average molecular weight is 330 g/mol. The van der Waals surface area contributed by atoms with E-state index in [2.05, 4.69) is 37.5 Å². The number of amides is 2. The quantitative estimate of drug-likeness (QED) is 0.803. The molecule has 0 aromatic carbocycles. The van der Waals surface area contributed by atoms with Crippen molar-refractivity contribution in [2.24, 2.45) is 0 Å². The summed E-state index contributed by atoms with van der Waals surface area (Å²) in [7, 11) is 2.10. The van der Waals surface area contributed by atoms with Crippen molar-refractivity contribution in [3.63, 3.8) is 0 Å². The summed E-state index contributed by atoms with van der Waals surface area (Å²) < 4.78 is 0. The van der Waals surface area contributed by atoms with Crippen LogP contribution in [0.1, 0.15) is 39.5 Å². The average Bonchev–Trinajstić information content (AvgIpc) is 3.02. The first-order valence-electron chi connectivity index (χ1n) is 8.62. The Labute approximate surface area is 142 Å². The first-order valence-corrected chi connectivity index (χ1v) is 8.62. The molecule has 1 saturated carbocycles. The van der Waals surface area contributed by atoms with Gasteiger partial charge in [0.15, 0.2) is 0 Å². The summed E-state index contributed by atoms with van der Waals surface area (Å²) >= 11 is 0. The number of nitrogens with one attached hydrogen (secondary N) is 3. The molecule has 2 heterocycles. The molecule has 0 spiro atoms. The molecule has 1 fully saturated rings. The van der Waals surface area contributed by atoms with Gasteiger partial charge in [-0.2, -0.15) is 0 Å². The van der Waals surface area contributed by atoms with Crippen molar-refractivity contribution in [1.82, 2.24) is 25.6 Å². The van der Waals surface area contributed by atoms with Crippen molar-refractivity contribution in [3.8, 4) is 0 Å². The van der Waals surface area contributed by atoms with Crippen LogP contribution >= 0.6 is 0 Å². The van der Waals surface area contributed by atoms with Crippen LogP contribution in [-0.2, 0) is 0 Å². The molecule has 3 N–H and O–H groups in total. The van der Waals surface area contributed by atoms with Crippen molar-refractivity contribution in [1.29, 1.82) is 0 Å². The summed E-state index contributed by atoms with van der Waals surface area (Å²) in [6.45, 7) is 3.93. The fourth-order valence-electron chi connectivity index (χ4n) is 3.41. The lowest BCUT2D eigenvalue weighted by molar-refractivity contribution is 0.228. The number of carbonyl (C=O) groups is 1. The molecule has 24 heavy (non-hydrogen) atoms. The van der Waals surface area contributed by atoms with Crippen molar-refractivity contribution in [2.45, 2.75) is 57.7 Å². The Morgan fingerprint density at radius 1 is 1.29 bits per heavy atom. The Balaban J connectivity index is 1.58. The molecule has 0 radical (unpaired) electrons. The van der Waals surface area contributed by atoms with Crippen LogP contribution in [0.25, 0.3) is 11.0 Å². The third-order valence-corrected chi connectivity index (χ3v) is 4.67. The largest absolute Gasteiger partial charge is 0.356 e. The maximum absolute atomic E-state index is 11.8. The van der Waals surface area contributed by atoms with E-state index in [0.717, 1.165) is 42.5 Å². The first kappa shape index (κ1) is 16.5. The molecule has 0 unspecified atom stereocenters. The number of nitrogens with zero attached hydrogens (tertiary/aromatic N) is 3. The second-order valence-corrected chi connectivity index (χ2v) is 6.83. The molecular formula is C17H26N6O. The molecule has 1 aliphatic carbocycles. The van der Waals surface area contributed by atoms with Gasteiger partial charge in [0.05, 0.1) is 5.39 Å². The second kappa shape index (κ2) is 7.07. The van der Waals surface area contributed by atoms with Gasteiger partial charge in [0.25, 0.3) is 0 Å². The monoisotopic (exact) mass is 330 g/mol. The lowest BCUT2D eigenvalue weighted by Gasteiger charge is -2.35. The lowest BCUT2D eigenvalue weighted by Crippen LogP contribution is -2.47. The van der Waals surface area contributed by atoms with E-state index in [1.807, 2.05) is 26.1 Å². The van der Waals surface area contributed by atoms with Crippen molar-refractivity contribution < 1.29 is 4.79 Å². The highest BCUT2D eigenvalue weighted by Gasteiger charge is 2.26. The number of hydrogen-bond donors (Lipinski definition) is 3. The van der Waals surface area contributed by atoms with E-state index in [-0.39, 0.29) is 18.1 Å². The normalized spacial score (nSPS) is 21.0. The highest BCUT2D eigenvalue weighted by atomic mass is 16.2. The molecule has 0 atom stereocenters. The van der Waals surface area contributed by atoms with Crippen LogP contribution in [0.2, 0.25) is 0 Å². The summed E-state index contributed by atoms with van der Waals surface area (Å²) in [5.41, 5.74) is 0.868. The summed E-state index contributed by atoms with van der Waals surface area (Å²) in [6.07, 6.45) is 7.56. The molecule has 2 aromatic heterocycles. The maximum atomic E-state index is 11.8. The van der Waals surface area contributed by atoms with E-state index in [1.54, 1.807) is 6.33 Å². The van der Waals surface area contributed by atoms with Crippen LogP contribution in [0.5, 0.6) is 0 Å². The van der Waals surface area contributed by atoms with Gasteiger partial charge >= 0.3 is 6.03 Å². The van der Waals surface area contributed by atoms with Crippen LogP contribution in [0.15, 0.2) is 18.6 Å². The highest BCUT2D eigenvalue weighted by Crippen LogP contribution is 2.28. The molecule has 0 bridgehead atoms. The van der Waals surface area contributed by atoms with Gasteiger partial charge in [0.2, 0.25) is 0 Å². The molecule has 0 saturated heterocycles. The van der Waals surface area contributed by atoms with E-state index in [4.69, 9.17) is 0 Å². The zero-order chi connectivity index (χ0) is 17.1. The number of fused-ring (bicyclic) bond motifs is 1. The number of urea groups is 1. The third-order valence-electron chi connectivity index (χ3n) is 4.67. The highest BCUT2D eigenvalue weighted by molar-refractivity contribution is 5.87. The minimum absolute atomic E-state index is 0.0633. The van der Waals surface area contributed by atoms with Crippen LogP contribution < -0.4 is 15.5 Å². The van der Waals surface area contributed by atoms with Crippen molar-refractivity contribution in [2.75, 3.05) is 11.9 Å². The van der Waals surface area contributed by atoms with Crippen LogP contribution in [0.3, 0.4) is 0 Å². The van der Waals surface area contributed by atoms with Gasteiger partial charge < -0.3 is 20.5 Å². The fourth-order valence-corrected chi connectivity index (χ4v) is 3.41. The minimum Gasteiger partial charge on any atom is -0.356 e. The molecule has 0 aliphatic heterocycles. The van der Waals surface area contributed by atoms with E-state index >= 15 is 0 Å². The number of hydrogen-bond acceptors (Lipinski definition) is 4. The summed E-state index contributed by atoms with van der Waals surface area (Å²) in [5.74, 6) is 0.968. The van der Waals surface area contributed by atoms with Crippen LogP contribution in [0, 0.1) is 0 Å². The van der Waals surface area contributed by atoms with Crippen molar-refractivity contribution in [3.05, 3.63) is 18.6 Å². The van der Waals surface area contributed by atoms with E-state index < -0.39 is 0 Å². The Bertz CT molecular complexity index is 689. The van der Waals surface area contributed by atoms with E-state index in [9.17, 15) is 4.79 Å². The van der Waals surface area contributed by atoms with Crippen LogP contribution in [0.4, 0.5) is 10.6 Å². The number of carbonyl (C=O) groups excluding carboxylic acids is 1. The summed E-state index contributed by atoms with van der Waals surface area (Å²) in [4.78, 5) is 25.9. The first-order chi connectivity index (χ1) is 11.5. The van der Waals surface area contributed by atoms with Gasteiger partial charge in [0, 0.05) is 31.4 Å². The molecule has 130 valence electrons. The fraction of sp³-hybridized carbons (Fsp3) is 0.588. The van der Waals surface area contributed by atoms with Crippen molar-refractivity contribution >= 4 is 22.9 Å². The zero-order valence-corrected chi connectivity index (χ0v) is 14.5. The van der Waals surface area contributed by atoms with Gasteiger partial charge in [-0.15, -0.1) is 0 Å². The van der Waals surface area contributed by atoms with E-state index in [0.29, 0.717) is 6.04 Å². The number of aromatic nitrogens is 3. The van der Waals surface area contributed by atoms with Gasteiger partial charge in [-0.05, 0) is 45.6 Å². The Morgan fingerprint density at radius 3 is 2.75 bits per heavy atom. The summed E-state index contributed by atoms with van der Waals surface area (Å²) in [5, 5.41) is 7.01. The van der Waals surface area contributed by atoms with Gasteiger partial charge in [0.1, 0.15) is 17.8 Å². The topological polar surface area (TPSA) is 85.9 Å². The molecule has 1 aliphatic rings. The summed E-state index contributed by atoms with van der Waals surface area (Å²) in [6, 6.07) is 2.81. The SMILES string of the molecule is CC(C)NC(=O)NC1CCC(N(C)c2ncnc3[nH]ccc23)CC1. The van der Waals surface area contributed by atoms with Gasteiger partial charge in [-0.3, -0.25) is 0 Å². The smallest absolute Gasteiger partial charge is 0.315 e. The molecule has 2 aromatic rings. The van der Waals surface area contributed by atoms with Gasteiger partial charge in [-0.1, -0.05) is 0 Å². The molecule has 3 rings (SSSR count). The maximum Gasteiger partial charge on any atom is 0.315 e. The molecular weight excluding hydrogens is 304 g/mol. The predicted molar refractivity (Wildman–Crippen MR) is 95.1 cm³/mol. The zero-order valence-electron chi connectivity index (χ0n) is 14.5. The standard InChI is InChI=1S/C17H26N6O/c1-11(2)21-17(24)22-12-4-6-13(7-5-12)23(3)16-14-8-9-18-15(14)19-10-20-16/h8-13H,4-7H2,1-3H3,(H,18,19,20)(H2,21,22,24). The number of H-pyrrole nitrogens is 1. The molecule has 7 nitrogen and oxygen atoms in total. The van der Waals surface area contributed by atoms with E-state index in [1.165, 1.54) is 0 Å². The third kappa shape index (κ3) is 3.60. The number of rotatable bonds is 4. The number of aromatic amines is 1. The number of anilines is 1. The lowest BCUT2D eigenvalue weighted by atomic mass is 9.90. The Hall–Kier alpha value is -2.31. The minimum atomic E-state index is -0.0633. The van der Waals surface area contributed by atoms with Gasteiger partial charge in [-0.25, -0.2) is 14.8 Å². The molecule has 2 amide bonds. The Morgan fingerprint density at radius 2 is 2.04 bits per heavy atom. The Kier molecular flexibility index (Phi) is 4.87.